The molecule has 3 rings (SSSR count). The largest absolute Gasteiger partial charge is 0.316 e. The van der Waals surface area contributed by atoms with Gasteiger partial charge in [0.1, 0.15) is 11.6 Å². The van der Waals surface area contributed by atoms with Crippen molar-refractivity contribution in [2.45, 2.75) is 24.7 Å². The maximum Gasteiger partial charge on any atom is 0.127 e. The van der Waals surface area contributed by atoms with E-state index in [0.29, 0.717) is 11.5 Å². The number of rotatable bonds is 2. The highest BCUT2D eigenvalue weighted by molar-refractivity contribution is 5.34. The Bertz CT molecular complexity index is 406. The van der Waals surface area contributed by atoms with E-state index in [1.54, 1.807) is 0 Å². The highest BCUT2D eigenvalue weighted by Crippen LogP contribution is 2.56. The van der Waals surface area contributed by atoms with Crippen LogP contribution in [-0.4, -0.2) is 13.1 Å². The maximum absolute atomic E-state index is 13.8. The molecular weight excluding hydrogens is 208 g/mol. The van der Waals surface area contributed by atoms with Crippen LogP contribution in [0.5, 0.6) is 0 Å². The van der Waals surface area contributed by atoms with Crippen molar-refractivity contribution in [2.24, 2.45) is 5.92 Å². The van der Waals surface area contributed by atoms with E-state index in [1.165, 1.54) is 18.2 Å². The van der Waals surface area contributed by atoms with E-state index < -0.39 is 0 Å². The molecule has 2 aliphatic rings. The quantitative estimate of drug-likeness (QED) is 0.812. The molecule has 1 heterocycles. The first-order chi connectivity index (χ1) is 7.72. The van der Waals surface area contributed by atoms with E-state index in [0.717, 1.165) is 32.4 Å². The Balaban J connectivity index is 1.98. The van der Waals surface area contributed by atoms with Gasteiger partial charge in [0.2, 0.25) is 0 Å². The van der Waals surface area contributed by atoms with Crippen LogP contribution in [0.3, 0.4) is 0 Å². The molecule has 1 aliphatic carbocycles. The van der Waals surface area contributed by atoms with Gasteiger partial charge in [0.25, 0.3) is 0 Å². The van der Waals surface area contributed by atoms with Gasteiger partial charge in [-0.2, -0.15) is 0 Å². The third-order valence-corrected chi connectivity index (χ3v) is 4.10. The lowest BCUT2D eigenvalue weighted by molar-refractivity contribution is 0.419. The van der Waals surface area contributed by atoms with E-state index in [9.17, 15) is 8.78 Å². The molecule has 1 saturated carbocycles. The third-order valence-electron chi connectivity index (χ3n) is 4.10. The lowest BCUT2D eigenvalue weighted by atomic mass is 9.82. The van der Waals surface area contributed by atoms with E-state index in [1.807, 2.05) is 0 Å². The Hall–Kier alpha value is -0.960. The van der Waals surface area contributed by atoms with Crippen LogP contribution in [0.4, 0.5) is 8.78 Å². The first kappa shape index (κ1) is 10.2. The van der Waals surface area contributed by atoms with Crippen molar-refractivity contribution in [3.8, 4) is 0 Å². The molecule has 1 atom stereocenters. The molecule has 1 unspecified atom stereocenters. The highest BCUT2D eigenvalue weighted by atomic mass is 19.1. The Morgan fingerprint density at radius 3 is 2.69 bits per heavy atom. The topological polar surface area (TPSA) is 12.0 Å². The van der Waals surface area contributed by atoms with Gasteiger partial charge in [0, 0.05) is 5.41 Å². The van der Waals surface area contributed by atoms with Gasteiger partial charge < -0.3 is 5.32 Å². The molecule has 1 saturated heterocycles. The number of hydrogen-bond donors (Lipinski definition) is 1. The fourth-order valence-corrected chi connectivity index (χ4v) is 3.04. The second kappa shape index (κ2) is 3.52. The molecule has 1 aromatic rings. The summed E-state index contributed by atoms with van der Waals surface area (Å²) < 4.78 is 27.0. The fraction of sp³-hybridized carbons (Fsp3) is 0.538. The van der Waals surface area contributed by atoms with Gasteiger partial charge >= 0.3 is 0 Å². The summed E-state index contributed by atoms with van der Waals surface area (Å²) >= 11 is 0. The number of benzene rings is 1. The van der Waals surface area contributed by atoms with Crippen LogP contribution < -0.4 is 5.32 Å². The van der Waals surface area contributed by atoms with E-state index in [2.05, 4.69) is 5.32 Å². The van der Waals surface area contributed by atoms with Crippen LogP contribution in [-0.2, 0) is 5.41 Å². The molecule has 86 valence electrons. The molecule has 1 nitrogen and oxygen atoms in total. The lowest BCUT2D eigenvalue weighted by Crippen LogP contribution is -2.24. The van der Waals surface area contributed by atoms with Gasteiger partial charge in [-0.3, -0.25) is 0 Å². The Labute approximate surface area is 93.9 Å². The summed E-state index contributed by atoms with van der Waals surface area (Å²) in [4.78, 5) is 0. The minimum Gasteiger partial charge on any atom is -0.316 e. The van der Waals surface area contributed by atoms with Crippen LogP contribution in [0.1, 0.15) is 24.8 Å². The molecule has 1 N–H and O–H groups in total. The molecular formula is C13H15F2N. The van der Waals surface area contributed by atoms with Gasteiger partial charge in [-0.1, -0.05) is 0 Å². The SMILES string of the molecule is Fc1ccc(F)c(C2(C3CCNC3)CC2)c1. The van der Waals surface area contributed by atoms with Gasteiger partial charge in [0.05, 0.1) is 0 Å². The third kappa shape index (κ3) is 1.46. The minimum absolute atomic E-state index is 0.0737. The first-order valence-electron chi connectivity index (χ1n) is 5.89. The first-order valence-corrected chi connectivity index (χ1v) is 5.89. The Morgan fingerprint density at radius 1 is 1.25 bits per heavy atom. The van der Waals surface area contributed by atoms with Crippen LogP contribution in [0.2, 0.25) is 0 Å². The molecule has 2 fully saturated rings. The number of hydrogen-bond acceptors (Lipinski definition) is 1. The smallest absolute Gasteiger partial charge is 0.127 e. The van der Waals surface area contributed by atoms with Crippen LogP contribution >= 0.6 is 0 Å². The van der Waals surface area contributed by atoms with Crippen molar-refractivity contribution in [3.05, 3.63) is 35.4 Å². The lowest BCUT2D eigenvalue weighted by Gasteiger charge is -2.23. The second-order valence-corrected chi connectivity index (χ2v) is 4.97. The summed E-state index contributed by atoms with van der Waals surface area (Å²) in [5.74, 6) is -0.0942. The van der Waals surface area contributed by atoms with Crippen LogP contribution in [0, 0.1) is 17.6 Å². The zero-order chi connectivity index (χ0) is 11.2. The summed E-state index contributed by atoms with van der Waals surface area (Å²) in [6.07, 6.45) is 3.08. The van der Waals surface area contributed by atoms with Gasteiger partial charge in [0.15, 0.2) is 0 Å². The molecule has 0 radical (unpaired) electrons. The van der Waals surface area contributed by atoms with Crippen molar-refractivity contribution in [2.75, 3.05) is 13.1 Å². The van der Waals surface area contributed by atoms with Crippen LogP contribution in [0.15, 0.2) is 18.2 Å². The molecule has 0 aromatic heterocycles. The van der Waals surface area contributed by atoms with E-state index in [4.69, 9.17) is 0 Å². The van der Waals surface area contributed by atoms with Gasteiger partial charge in [-0.15, -0.1) is 0 Å². The highest BCUT2D eigenvalue weighted by Gasteiger charge is 2.52. The summed E-state index contributed by atoms with van der Waals surface area (Å²) in [7, 11) is 0. The summed E-state index contributed by atoms with van der Waals surface area (Å²) in [5.41, 5.74) is 0.525. The molecule has 0 spiro atoms. The zero-order valence-electron chi connectivity index (χ0n) is 9.10. The average molecular weight is 223 g/mol. The van der Waals surface area contributed by atoms with E-state index in [-0.39, 0.29) is 17.0 Å². The van der Waals surface area contributed by atoms with Crippen molar-refractivity contribution >= 4 is 0 Å². The summed E-state index contributed by atoms with van der Waals surface area (Å²) in [5, 5.41) is 3.31. The van der Waals surface area contributed by atoms with E-state index >= 15 is 0 Å². The Morgan fingerprint density at radius 2 is 2.06 bits per heavy atom. The van der Waals surface area contributed by atoms with Crippen LogP contribution in [0.25, 0.3) is 0 Å². The molecule has 1 aliphatic heterocycles. The molecule has 0 amide bonds. The number of halogens is 2. The predicted molar refractivity (Wildman–Crippen MR) is 58.2 cm³/mol. The minimum atomic E-state index is -0.325. The molecule has 16 heavy (non-hydrogen) atoms. The fourth-order valence-electron chi connectivity index (χ4n) is 3.04. The zero-order valence-corrected chi connectivity index (χ0v) is 9.10. The summed E-state index contributed by atoms with van der Waals surface area (Å²) in [6.45, 7) is 1.94. The monoisotopic (exact) mass is 223 g/mol. The molecule has 3 heteroatoms. The Kier molecular flexibility index (Phi) is 2.25. The summed E-state index contributed by atoms with van der Waals surface area (Å²) in [6, 6.07) is 3.84. The standard InChI is InChI=1S/C13H15F2N/c14-10-1-2-12(15)11(7-10)13(4-5-13)9-3-6-16-8-9/h1-2,7,9,16H,3-6,8H2. The maximum atomic E-state index is 13.8. The molecule has 0 bridgehead atoms. The average Bonchev–Trinajstić information content (AvgIpc) is 2.89. The van der Waals surface area contributed by atoms with Crippen molar-refractivity contribution in [1.82, 2.24) is 5.32 Å². The van der Waals surface area contributed by atoms with Crippen molar-refractivity contribution < 1.29 is 8.78 Å². The normalized spacial score (nSPS) is 27.0. The molecule has 1 aromatic carbocycles. The number of nitrogens with one attached hydrogen (secondary N) is 1. The van der Waals surface area contributed by atoms with Gasteiger partial charge in [-0.05, 0) is 62.0 Å². The predicted octanol–water partition coefficient (Wildman–Crippen LogP) is 2.61. The van der Waals surface area contributed by atoms with Gasteiger partial charge in [-0.25, -0.2) is 8.78 Å². The van der Waals surface area contributed by atoms with Crippen molar-refractivity contribution in [3.63, 3.8) is 0 Å². The second-order valence-electron chi connectivity index (χ2n) is 4.97. The van der Waals surface area contributed by atoms with Crippen molar-refractivity contribution in [1.29, 1.82) is 0 Å².